The fourth-order valence-corrected chi connectivity index (χ4v) is 6.10. The van der Waals surface area contributed by atoms with Gasteiger partial charge in [0.05, 0.1) is 29.0 Å². The molecule has 38 heavy (non-hydrogen) atoms. The van der Waals surface area contributed by atoms with Gasteiger partial charge in [-0.05, 0) is 43.2 Å². The van der Waals surface area contributed by atoms with Crippen LogP contribution in [0.3, 0.4) is 0 Å². The third-order valence-electron chi connectivity index (χ3n) is 6.46. The maximum Gasteiger partial charge on any atom is 0.240 e. The zero-order valence-corrected chi connectivity index (χ0v) is 24.4. The van der Waals surface area contributed by atoms with Crippen molar-refractivity contribution in [2.75, 3.05) is 37.5 Å². The number of halogens is 1. The number of carbonyl (C=O) groups excluding carboxylic acids is 2. The summed E-state index contributed by atoms with van der Waals surface area (Å²) in [6, 6.07) is 13.9. The monoisotopic (exact) mass is 554 g/mol. The first kappa shape index (κ1) is 28.2. The van der Waals surface area contributed by atoms with E-state index in [1.807, 2.05) is 54.9 Å². The highest BCUT2D eigenvalue weighted by atomic mass is 35.5. The van der Waals surface area contributed by atoms with Crippen molar-refractivity contribution in [1.29, 1.82) is 0 Å². The van der Waals surface area contributed by atoms with Gasteiger partial charge >= 0.3 is 0 Å². The van der Waals surface area contributed by atoms with E-state index in [4.69, 9.17) is 21.4 Å². The lowest BCUT2D eigenvalue weighted by molar-refractivity contribution is -0.123. The summed E-state index contributed by atoms with van der Waals surface area (Å²) in [5.41, 5.74) is 5.52. The Morgan fingerprint density at radius 2 is 1.97 bits per heavy atom. The Morgan fingerprint density at radius 3 is 2.63 bits per heavy atom. The highest BCUT2D eigenvalue weighted by Gasteiger charge is 2.40. The van der Waals surface area contributed by atoms with Gasteiger partial charge in [0, 0.05) is 29.7 Å². The largest absolute Gasteiger partial charge is 0.383 e. The lowest BCUT2D eigenvalue weighted by atomic mass is 9.87. The van der Waals surface area contributed by atoms with Gasteiger partial charge in [-0.25, -0.2) is 4.68 Å². The summed E-state index contributed by atoms with van der Waals surface area (Å²) in [7, 11) is 1.58. The van der Waals surface area contributed by atoms with Crippen LogP contribution in [0.2, 0.25) is 5.02 Å². The normalized spacial score (nSPS) is 15.8. The summed E-state index contributed by atoms with van der Waals surface area (Å²) < 4.78 is 6.92. The van der Waals surface area contributed by atoms with Gasteiger partial charge in [-0.1, -0.05) is 62.2 Å². The molecule has 4 rings (SSSR count). The molecule has 1 aliphatic heterocycles. The van der Waals surface area contributed by atoms with E-state index in [2.05, 4.69) is 32.2 Å². The molecule has 1 aromatic heterocycles. The summed E-state index contributed by atoms with van der Waals surface area (Å²) in [4.78, 5) is 28.3. The van der Waals surface area contributed by atoms with Crippen molar-refractivity contribution in [2.24, 2.45) is 0 Å². The van der Waals surface area contributed by atoms with Gasteiger partial charge in [0.15, 0.2) is 0 Å². The van der Waals surface area contributed by atoms with Crippen LogP contribution < -0.4 is 10.2 Å². The number of methoxy groups -OCH3 is 1. The lowest BCUT2D eigenvalue weighted by Gasteiger charge is -2.25. The first-order chi connectivity index (χ1) is 18.0. The third-order valence-corrected chi connectivity index (χ3v) is 7.95. The number of nitrogens with one attached hydrogen (secondary N) is 1. The van der Waals surface area contributed by atoms with Crippen molar-refractivity contribution in [3.05, 3.63) is 75.4 Å². The second-order valence-electron chi connectivity index (χ2n) is 10.6. The molecular formula is C29H35ClN4O3S. The van der Waals surface area contributed by atoms with Gasteiger partial charge in [-0.15, -0.1) is 11.8 Å². The number of benzene rings is 2. The van der Waals surface area contributed by atoms with E-state index in [-0.39, 0.29) is 34.8 Å². The summed E-state index contributed by atoms with van der Waals surface area (Å²) in [6.45, 7) is 11.1. The average Bonchev–Trinajstić information content (AvgIpc) is 3.17. The van der Waals surface area contributed by atoms with E-state index in [1.165, 1.54) is 11.8 Å². The molecule has 7 nitrogen and oxygen atoms in total. The number of hydrogen-bond acceptors (Lipinski definition) is 5. The van der Waals surface area contributed by atoms with Gasteiger partial charge in [-0.3, -0.25) is 14.5 Å². The van der Waals surface area contributed by atoms with Gasteiger partial charge < -0.3 is 10.1 Å². The first-order valence-corrected chi connectivity index (χ1v) is 14.1. The summed E-state index contributed by atoms with van der Waals surface area (Å²) >= 11 is 7.95. The number of thioether (sulfide) groups is 1. The molecule has 2 heterocycles. The molecule has 0 radical (unpaired) electrons. The standard InChI is InChI=1S/C29H35ClN4O3S/c1-18-10-11-22(19(2)14-18)34-28-25(27(32-34)29(3,4)5)26(20-8-7-9-21(30)15-20)38-17-24(36)33(28)16-23(35)31-12-13-37-6/h7-11,14-15,26H,12-13,16-17H2,1-6H3,(H,31,35)/t26-/m0/s1. The second-order valence-corrected chi connectivity index (χ2v) is 12.1. The second kappa shape index (κ2) is 11.5. The van der Waals surface area contributed by atoms with E-state index < -0.39 is 0 Å². The van der Waals surface area contributed by atoms with E-state index >= 15 is 0 Å². The molecule has 9 heteroatoms. The van der Waals surface area contributed by atoms with E-state index in [0.29, 0.717) is 24.0 Å². The van der Waals surface area contributed by atoms with Crippen LogP contribution in [0.1, 0.15) is 54.0 Å². The Kier molecular flexibility index (Phi) is 8.55. The molecule has 0 spiro atoms. The van der Waals surface area contributed by atoms with E-state index in [1.54, 1.807) is 12.0 Å². The van der Waals surface area contributed by atoms with Crippen LogP contribution in [0.5, 0.6) is 0 Å². The summed E-state index contributed by atoms with van der Waals surface area (Å²) in [5.74, 6) is 0.448. The minimum Gasteiger partial charge on any atom is -0.383 e. The van der Waals surface area contributed by atoms with Crippen LogP contribution in [-0.4, -0.2) is 54.2 Å². The molecule has 0 fully saturated rings. The summed E-state index contributed by atoms with van der Waals surface area (Å²) in [6.07, 6.45) is 0. The molecule has 0 saturated heterocycles. The molecule has 0 aliphatic carbocycles. The number of amides is 2. The van der Waals surface area contributed by atoms with Crippen LogP contribution in [-0.2, 0) is 19.7 Å². The number of nitrogens with zero attached hydrogens (tertiary/aromatic N) is 3. The Hall–Kier alpha value is -2.81. The lowest BCUT2D eigenvalue weighted by Crippen LogP contribution is -2.43. The Bertz CT molecular complexity index is 1350. The topological polar surface area (TPSA) is 76.5 Å². The fraction of sp³-hybridized carbons (Fsp3) is 0.414. The zero-order chi connectivity index (χ0) is 27.6. The van der Waals surface area contributed by atoms with Crippen LogP contribution in [0, 0.1) is 13.8 Å². The number of aryl methyl sites for hydroxylation is 2. The van der Waals surface area contributed by atoms with Crippen molar-refractivity contribution in [3.8, 4) is 5.69 Å². The molecule has 1 aliphatic rings. The number of aromatic nitrogens is 2. The van der Waals surface area contributed by atoms with Crippen molar-refractivity contribution in [2.45, 2.75) is 45.3 Å². The van der Waals surface area contributed by atoms with E-state index in [0.717, 1.165) is 33.6 Å². The highest BCUT2D eigenvalue weighted by Crippen LogP contribution is 2.48. The van der Waals surface area contributed by atoms with Crippen molar-refractivity contribution >= 4 is 41.0 Å². The Labute approximate surface area is 233 Å². The van der Waals surface area contributed by atoms with Crippen LogP contribution in [0.25, 0.3) is 5.69 Å². The smallest absolute Gasteiger partial charge is 0.240 e. The molecule has 1 atom stereocenters. The van der Waals surface area contributed by atoms with Gasteiger partial charge in [0.2, 0.25) is 11.8 Å². The fourth-order valence-electron chi connectivity index (χ4n) is 4.71. The molecule has 202 valence electrons. The summed E-state index contributed by atoms with van der Waals surface area (Å²) in [5, 5.41) is 8.45. The number of hydrogen-bond donors (Lipinski definition) is 1. The zero-order valence-electron chi connectivity index (χ0n) is 22.8. The van der Waals surface area contributed by atoms with Crippen molar-refractivity contribution in [3.63, 3.8) is 0 Å². The third kappa shape index (κ3) is 5.92. The number of carbonyl (C=O) groups is 2. The molecule has 1 N–H and O–H groups in total. The molecule has 3 aromatic rings. The van der Waals surface area contributed by atoms with Crippen LogP contribution in [0.15, 0.2) is 42.5 Å². The molecule has 2 aromatic carbocycles. The average molecular weight is 555 g/mol. The SMILES string of the molecule is COCCNC(=O)CN1C(=O)CS[C@@H](c2cccc(Cl)c2)c2c(C(C)(C)C)nn(-c3ccc(C)cc3C)c21. The number of ether oxygens (including phenoxy) is 1. The Balaban J connectivity index is 1.98. The first-order valence-electron chi connectivity index (χ1n) is 12.7. The number of anilines is 1. The predicted octanol–water partition coefficient (Wildman–Crippen LogP) is 5.37. The molecular weight excluding hydrogens is 520 g/mol. The van der Waals surface area contributed by atoms with Crippen LogP contribution >= 0.6 is 23.4 Å². The van der Waals surface area contributed by atoms with Crippen molar-refractivity contribution in [1.82, 2.24) is 15.1 Å². The molecule has 0 saturated carbocycles. The quantitative estimate of drug-likeness (QED) is 0.397. The maximum atomic E-state index is 13.7. The van der Waals surface area contributed by atoms with Crippen LogP contribution in [0.4, 0.5) is 5.82 Å². The Morgan fingerprint density at radius 1 is 1.21 bits per heavy atom. The van der Waals surface area contributed by atoms with Crippen molar-refractivity contribution < 1.29 is 14.3 Å². The van der Waals surface area contributed by atoms with Gasteiger partial charge in [0.1, 0.15) is 12.4 Å². The molecule has 0 unspecified atom stereocenters. The van der Waals surface area contributed by atoms with E-state index in [9.17, 15) is 9.59 Å². The minimum absolute atomic E-state index is 0.113. The number of rotatable bonds is 7. The maximum absolute atomic E-state index is 13.7. The number of fused-ring (bicyclic) bond motifs is 1. The van der Waals surface area contributed by atoms with Gasteiger partial charge in [-0.2, -0.15) is 5.10 Å². The molecule has 2 amide bonds. The highest BCUT2D eigenvalue weighted by molar-refractivity contribution is 8.00. The predicted molar refractivity (Wildman–Crippen MR) is 155 cm³/mol. The van der Waals surface area contributed by atoms with Gasteiger partial charge in [0.25, 0.3) is 0 Å². The molecule has 0 bridgehead atoms. The minimum atomic E-state index is -0.328.